The summed E-state index contributed by atoms with van der Waals surface area (Å²) in [6, 6.07) is 10.7. The summed E-state index contributed by atoms with van der Waals surface area (Å²) in [5, 5.41) is 5.41. The highest BCUT2D eigenvalue weighted by molar-refractivity contribution is 6.32. The Morgan fingerprint density at radius 1 is 0.964 bits per heavy atom. The van der Waals surface area contributed by atoms with E-state index in [-0.39, 0.29) is 12.2 Å². The maximum absolute atomic E-state index is 12.0. The smallest absolute Gasteiger partial charge is 0.411 e. The molecule has 28 heavy (non-hydrogen) atoms. The third-order valence-electron chi connectivity index (χ3n) is 3.41. The SMILES string of the molecule is CCOC(=O)Nc1ccc(C(=O)OCC(=O)Nc2ccc(OC)c(Cl)c2)cc1. The monoisotopic (exact) mass is 406 g/mol. The molecule has 2 rings (SSSR count). The van der Waals surface area contributed by atoms with E-state index in [1.54, 1.807) is 19.1 Å². The van der Waals surface area contributed by atoms with Gasteiger partial charge in [0.2, 0.25) is 0 Å². The molecule has 0 unspecified atom stereocenters. The minimum Gasteiger partial charge on any atom is -0.495 e. The van der Waals surface area contributed by atoms with Crippen molar-refractivity contribution in [2.75, 3.05) is 31.0 Å². The summed E-state index contributed by atoms with van der Waals surface area (Å²) >= 11 is 5.99. The van der Waals surface area contributed by atoms with Crippen LogP contribution in [0, 0.1) is 0 Å². The second-order valence-electron chi connectivity index (χ2n) is 5.40. The lowest BCUT2D eigenvalue weighted by atomic mass is 10.2. The van der Waals surface area contributed by atoms with Crippen LogP contribution in [0.4, 0.5) is 16.2 Å². The van der Waals surface area contributed by atoms with Crippen LogP contribution in [0.15, 0.2) is 42.5 Å². The lowest BCUT2D eigenvalue weighted by molar-refractivity contribution is -0.119. The van der Waals surface area contributed by atoms with Crippen LogP contribution in [0.2, 0.25) is 5.02 Å². The fourth-order valence-corrected chi connectivity index (χ4v) is 2.39. The third-order valence-corrected chi connectivity index (χ3v) is 3.71. The summed E-state index contributed by atoms with van der Waals surface area (Å²) in [6.07, 6.45) is -0.590. The van der Waals surface area contributed by atoms with Crippen LogP contribution < -0.4 is 15.4 Å². The van der Waals surface area contributed by atoms with Crippen LogP contribution in [0.1, 0.15) is 17.3 Å². The summed E-state index contributed by atoms with van der Waals surface area (Å²) in [7, 11) is 1.48. The summed E-state index contributed by atoms with van der Waals surface area (Å²) in [5.41, 5.74) is 1.14. The number of rotatable bonds is 7. The van der Waals surface area contributed by atoms with Gasteiger partial charge in [0.05, 0.1) is 24.3 Å². The van der Waals surface area contributed by atoms with Gasteiger partial charge in [0.25, 0.3) is 5.91 Å². The average Bonchev–Trinajstić information content (AvgIpc) is 2.67. The van der Waals surface area contributed by atoms with E-state index in [2.05, 4.69) is 10.6 Å². The zero-order chi connectivity index (χ0) is 20.5. The lowest BCUT2D eigenvalue weighted by Gasteiger charge is -2.09. The molecule has 2 aromatic carbocycles. The number of halogens is 1. The molecule has 2 N–H and O–H groups in total. The van der Waals surface area contributed by atoms with Crippen molar-refractivity contribution in [3.8, 4) is 5.75 Å². The number of benzene rings is 2. The molecule has 0 radical (unpaired) electrons. The molecule has 0 spiro atoms. The zero-order valence-corrected chi connectivity index (χ0v) is 16.0. The van der Waals surface area contributed by atoms with Crippen LogP contribution in [0.3, 0.4) is 0 Å². The van der Waals surface area contributed by atoms with E-state index in [1.165, 1.54) is 37.4 Å². The molecule has 0 bridgehead atoms. The van der Waals surface area contributed by atoms with Gasteiger partial charge in [-0.1, -0.05) is 11.6 Å². The molecular weight excluding hydrogens is 388 g/mol. The molecule has 148 valence electrons. The Kier molecular flexibility index (Phi) is 7.65. The fourth-order valence-electron chi connectivity index (χ4n) is 2.13. The first-order valence-corrected chi connectivity index (χ1v) is 8.65. The molecule has 2 amide bonds. The van der Waals surface area contributed by atoms with Crippen LogP contribution in [0.25, 0.3) is 0 Å². The molecule has 0 fully saturated rings. The molecule has 0 aliphatic rings. The number of carbonyl (C=O) groups excluding carboxylic acids is 3. The van der Waals surface area contributed by atoms with E-state index in [4.69, 9.17) is 25.8 Å². The van der Waals surface area contributed by atoms with Crippen molar-refractivity contribution in [2.24, 2.45) is 0 Å². The van der Waals surface area contributed by atoms with Gasteiger partial charge in [0.15, 0.2) is 6.61 Å². The number of carbonyl (C=O) groups is 3. The summed E-state index contributed by atoms with van der Waals surface area (Å²) in [4.78, 5) is 35.3. The molecule has 0 saturated carbocycles. The number of anilines is 2. The molecule has 0 aliphatic carbocycles. The number of amides is 2. The summed E-state index contributed by atoms with van der Waals surface area (Å²) in [6.45, 7) is 1.48. The Balaban J connectivity index is 1.85. The highest BCUT2D eigenvalue weighted by Crippen LogP contribution is 2.27. The normalized spacial score (nSPS) is 9.96. The first kappa shape index (κ1) is 21.0. The van der Waals surface area contributed by atoms with E-state index in [1.807, 2.05) is 0 Å². The molecule has 0 saturated heterocycles. The summed E-state index contributed by atoms with van der Waals surface area (Å²) in [5.74, 6) is -0.715. The Labute approximate surface area is 166 Å². The third kappa shape index (κ3) is 6.17. The van der Waals surface area contributed by atoms with Crippen molar-refractivity contribution in [2.45, 2.75) is 6.92 Å². The van der Waals surface area contributed by atoms with Crippen molar-refractivity contribution < 1.29 is 28.6 Å². The number of hydrogen-bond acceptors (Lipinski definition) is 6. The largest absolute Gasteiger partial charge is 0.495 e. The molecule has 0 aromatic heterocycles. The van der Waals surface area contributed by atoms with Crippen molar-refractivity contribution in [1.82, 2.24) is 0 Å². The predicted molar refractivity (Wildman–Crippen MR) is 104 cm³/mol. The van der Waals surface area contributed by atoms with Crippen LogP contribution in [0.5, 0.6) is 5.75 Å². The van der Waals surface area contributed by atoms with Gasteiger partial charge >= 0.3 is 12.1 Å². The first-order chi connectivity index (χ1) is 13.4. The number of esters is 1. The van der Waals surface area contributed by atoms with Crippen LogP contribution in [-0.2, 0) is 14.3 Å². The van der Waals surface area contributed by atoms with Gasteiger partial charge in [0.1, 0.15) is 5.75 Å². The van der Waals surface area contributed by atoms with Gasteiger partial charge in [-0.25, -0.2) is 9.59 Å². The molecule has 0 atom stereocenters. The molecule has 8 nitrogen and oxygen atoms in total. The summed E-state index contributed by atoms with van der Waals surface area (Å²) < 4.78 is 14.8. The van der Waals surface area contributed by atoms with Crippen molar-refractivity contribution in [1.29, 1.82) is 0 Å². The van der Waals surface area contributed by atoms with Crippen molar-refractivity contribution >= 4 is 40.9 Å². The van der Waals surface area contributed by atoms with Gasteiger partial charge in [-0.2, -0.15) is 0 Å². The predicted octanol–water partition coefficient (Wildman–Crippen LogP) is 3.71. The second-order valence-corrected chi connectivity index (χ2v) is 5.80. The Bertz CT molecular complexity index is 854. The Morgan fingerprint density at radius 3 is 2.25 bits per heavy atom. The molecule has 0 aliphatic heterocycles. The Hall–Kier alpha value is -3.26. The fraction of sp³-hybridized carbons (Fsp3) is 0.211. The van der Waals surface area contributed by atoms with E-state index in [0.29, 0.717) is 22.1 Å². The van der Waals surface area contributed by atoms with Crippen molar-refractivity contribution in [3.05, 3.63) is 53.1 Å². The van der Waals surface area contributed by atoms with Gasteiger partial charge in [-0.3, -0.25) is 10.1 Å². The van der Waals surface area contributed by atoms with Crippen LogP contribution >= 0.6 is 11.6 Å². The Morgan fingerprint density at radius 2 is 1.64 bits per heavy atom. The van der Waals surface area contributed by atoms with E-state index in [9.17, 15) is 14.4 Å². The maximum Gasteiger partial charge on any atom is 0.411 e. The average molecular weight is 407 g/mol. The zero-order valence-electron chi connectivity index (χ0n) is 15.3. The van der Waals surface area contributed by atoms with Gasteiger partial charge < -0.3 is 19.5 Å². The highest BCUT2D eigenvalue weighted by atomic mass is 35.5. The van der Waals surface area contributed by atoms with Gasteiger partial charge in [0, 0.05) is 11.4 Å². The van der Waals surface area contributed by atoms with Gasteiger partial charge in [-0.15, -0.1) is 0 Å². The molecule has 2 aromatic rings. The number of hydrogen-bond donors (Lipinski definition) is 2. The minimum absolute atomic E-state index is 0.231. The van der Waals surface area contributed by atoms with E-state index < -0.39 is 24.6 Å². The molecule has 0 heterocycles. The van der Waals surface area contributed by atoms with Crippen molar-refractivity contribution in [3.63, 3.8) is 0 Å². The van der Waals surface area contributed by atoms with Crippen LogP contribution in [-0.4, -0.2) is 38.3 Å². The lowest BCUT2D eigenvalue weighted by Crippen LogP contribution is -2.21. The number of ether oxygens (including phenoxy) is 3. The minimum atomic E-state index is -0.675. The number of nitrogens with one attached hydrogen (secondary N) is 2. The second kappa shape index (κ2) is 10.2. The first-order valence-electron chi connectivity index (χ1n) is 8.27. The standard InChI is InChI=1S/C19H19ClN2O6/c1-3-27-19(25)22-13-6-4-12(5-7-13)18(24)28-11-17(23)21-14-8-9-16(26-2)15(20)10-14/h4-10H,3,11H2,1-2H3,(H,21,23)(H,22,25). The molecular formula is C19H19ClN2O6. The number of methoxy groups -OCH3 is 1. The topological polar surface area (TPSA) is 103 Å². The van der Waals surface area contributed by atoms with E-state index in [0.717, 1.165) is 0 Å². The maximum atomic E-state index is 12.0. The highest BCUT2D eigenvalue weighted by Gasteiger charge is 2.12. The van der Waals surface area contributed by atoms with E-state index >= 15 is 0 Å². The molecule has 9 heteroatoms. The van der Waals surface area contributed by atoms with Gasteiger partial charge in [-0.05, 0) is 49.4 Å². The quantitative estimate of drug-likeness (QED) is 0.679.